The number of likely N-dealkylation sites (N-methyl/N-ethyl adjacent to an activating group) is 1. The van der Waals surface area contributed by atoms with E-state index in [4.69, 9.17) is 29.2 Å². The molecule has 0 saturated carbocycles. The number of carboxylic acids is 2. The summed E-state index contributed by atoms with van der Waals surface area (Å²) < 4.78 is 58.1. The first-order valence-electron chi connectivity index (χ1n) is 29.5. The fourth-order valence-electron chi connectivity index (χ4n) is 11.0. The number of benzene rings is 2. The zero-order valence-electron chi connectivity index (χ0n) is 50.9. The first kappa shape index (κ1) is 69.6. The van der Waals surface area contributed by atoms with Crippen LogP contribution in [-0.2, 0) is 44.9 Å². The van der Waals surface area contributed by atoms with Crippen LogP contribution in [0.4, 0.5) is 14.5 Å². The predicted octanol–water partition coefficient (Wildman–Crippen LogP) is 1.81. The summed E-state index contributed by atoms with van der Waals surface area (Å²) in [5.74, 6) is -5.02. The van der Waals surface area contributed by atoms with Crippen LogP contribution in [0, 0.1) is 11.6 Å². The van der Waals surface area contributed by atoms with Crippen LogP contribution < -0.4 is 25.4 Å². The molecule has 1 unspecified atom stereocenters. The molecule has 2 aromatic carbocycles. The van der Waals surface area contributed by atoms with Gasteiger partial charge in [-0.1, -0.05) is 6.92 Å². The third kappa shape index (κ3) is 19.3. The number of methoxy groups -OCH3 is 1. The molecule has 90 heavy (non-hydrogen) atoms. The Labute approximate surface area is 523 Å². The van der Waals surface area contributed by atoms with Crippen molar-refractivity contribution >= 4 is 65.7 Å². The van der Waals surface area contributed by atoms with Gasteiger partial charge in [-0.2, -0.15) is 5.10 Å². The van der Waals surface area contributed by atoms with Crippen LogP contribution in [0.15, 0.2) is 48.8 Å². The number of carboxylic acid groups (broad SMARTS) is 3. The summed E-state index contributed by atoms with van der Waals surface area (Å²) >= 11 is 0.733. The number of amides is 5. The molecule has 4 aromatic rings. The summed E-state index contributed by atoms with van der Waals surface area (Å²) in [5, 5.41) is 39.2. The van der Waals surface area contributed by atoms with Crippen molar-refractivity contribution in [1.29, 1.82) is 0 Å². The fraction of sp³-hybridized carbons (Fsp3) is 0.525. The molecule has 0 radical (unpaired) electrons. The molecule has 28 nitrogen and oxygen atoms in total. The van der Waals surface area contributed by atoms with E-state index in [2.05, 4.69) is 30.7 Å². The molecule has 0 spiro atoms. The van der Waals surface area contributed by atoms with Gasteiger partial charge in [0.05, 0.1) is 68.8 Å². The van der Waals surface area contributed by atoms with Gasteiger partial charge in [-0.15, -0.1) is 0 Å². The van der Waals surface area contributed by atoms with E-state index in [1.54, 1.807) is 37.8 Å². The molecule has 7 N–H and O–H groups in total. The molecule has 5 amide bonds. The number of carbonyl (C=O) groups excluding carboxylic acids is 5. The second-order valence-electron chi connectivity index (χ2n) is 22.5. The van der Waals surface area contributed by atoms with Crippen LogP contribution in [0.1, 0.15) is 49.7 Å². The summed E-state index contributed by atoms with van der Waals surface area (Å²) in [7, 11) is 1.46. The molecular formula is C59H79F2N13O15S. The number of fused-ring (bicyclic) bond motifs is 3. The monoisotopic (exact) mass is 1280 g/mol. The Morgan fingerprint density at radius 1 is 0.767 bits per heavy atom. The Kier molecular flexibility index (Phi) is 25.7. The van der Waals surface area contributed by atoms with Gasteiger partial charge in [-0.05, 0) is 56.7 Å². The molecule has 0 bridgehead atoms. The molecule has 4 aliphatic heterocycles. The zero-order valence-corrected chi connectivity index (χ0v) is 51.7. The van der Waals surface area contributed by atoms with Crippen LogP contribution in [-0.4, -0.2) is 279 Å². The van der Waals surface area contributed by atoms with Crippen LogP contribution >= 0.6 is 12.0 Å². The lowest BCUT2D eigenvalue weighted by Crippen LogP contribution is -2.59. The highest BCUT2D eigenvalue weighted by molar-refractivity contribution is 7.93. The normalized spacial score (nSPS) is 17.3. The number of hydrogen-bond donors (Lipinski definition) is 7. The second kappa shape index (κ2) is 33.2. The van der Waals surface area contributed by atoms with E-state index in [0.717, 1.165) is 30.2 Å². The summed E-state index contributed by atoms with van der Waals surface area (Å²) in [4.78, 5) is 119. The molecule has 490 valence electrons. The van der Waals surface area contributed by atoms with Gasteiger partial charge in [0.15, 0.2) is 5.69 Å². The van der Waals surface area contributed by atoms with E-state index < -0.39 is 64.7 Å². The summed E-state index contributed by atoms with van der Waals surface area (Å²) in [6, 6.07) is 6.77. The molecule has 3 saturated heterocycles. The van der Waals surface area contributed by atoms with Crippen molar-refractivity contribution in [3.63, 3.8) is 0 Å². The van der Waals surface area contributed by atoms with Gasteiger partial charge < -0.3 is 64.7 Å². The van der Waals surface area contributed by atoms with Gasteiger partial charge >= 0.3 is 11.9 Å². The summed E-state index contributed by atoms with van der Waals surface area (Å²) in [5.41, 5.74) is 1.71. The topological polar surface area (TPSA) is 335 Å². The molecular weight excluding hydrogens is 1200 g/mol. The van der Waals surface area contributed by atoms with Crippen molar-refractivity contribution in [2.24, 2.45) is 0 Å². The number of pyridine rings is 1. The van der Waals surface area contributed by atoms with Crippen molar-refractivity contribution < 1.29 is 81.2 Å². The van der Waals surface area contributed by atoms with Crippen molar-refractivity contribution in [3.8, 4) is 39.6 Å². The highest BCUT2D eigenvalue weighted by atomic mass is 32.2. The van der Waals surface area contributed by atoms with Crippen molar-refractivity contribution in [3.05, 3.63) is 71.7 Å². The highest BCUT2D eigenvalue weighted by Crippen LogP contribution is 2.46. The van der Waals surface area contributed by atoms with E-state index in [1.165, 1.54) is 24.2 Å². The van der Waals surface area contributed by atoms with Crippen LogP contribution in [0.25, 0.3) is 28.1 Å². The Hall–Kier alpha value is -7.91. The summed E-state index contributed by atoms with van der Waals surface area (Å²) in [6.07, 6.45) is 2.37. The largest absolute Gasteiger partial charge is 0.496 e. The smallest absolute Gasteiger partial charge is 0.317 e. The average Bonchev–Trinajstić information content (AvgIpc) is 1.54. The molecule has 8 rings (SSSR count). The minimum Gasteiger partial charge on any atom is -0.496 e. The zero-order chi connectivity index (χ0) is 65.1. The van der Waals surface area contributed by atoms with Gasteiger partial charge in [-0.25, -0.2) is 13.5 Å². The Balaban J connectivity index is 0.00000376. The highest BCUT2D eigenvalue weighted by Gasteiger charge is 2.40. The van der Waals surface area contributed by atoms with Gasteiger partial charge in [0, 0.05) is 157 Å². The molecule has 31 heteroatoms. The third-order valence-electron chi connectivity index (χ3n) is 15.8. The number of aliphatic carboxylic acids is 2. The Morgan fingerprint density at radius 3 is 1.96 bits per heavy atom. The minimum atomic E-state index is -1.19. The third-order valence-corrected chi connectivity index (χ3v) is 16.2. The van der Waals surface area contributed by atoms with Crippen molar-refractivity contribution in [2.75, 3.05) is 156 Å². The quantitative estimate of drug-likeness (QED) is 0.0436. The number of nitrogens with zero attached hydrogens (tertiary/aromatic N) is 10. The number of halogens is 2. The fourth-order valence-corrected chi connectivity index (χ4v) is 11.4. The number of nitrogens with one attached hydrogen (secondary N) is 3. The molecule has 3 fully saturated rings. The van der Waals surface area contributed by atoms with E-state index in [9.17, 15) is 57.1 Å². The maximum Gasteiger partial charge on any atom is 0.317 e. The maximum absolute atomic E-state index is 14.9. The first-order chi connectivity index (χ1) is 43.1. The van der Waals surface area contributed by atoms with Gasteiger partial charge in [0.25, 0.3) is 12.4 Å². The number of morpholine rings is 1. The summed E-state index contributed by atoms with van der Waals surface area (Å²) in [6.45, 7) is 11.4. The SMILES string of the molecule is CCN1CCN(CC(=O)O)CCN(CC(=O)O)CCN(CC(=O)NC(CNC(=O)CCC(=O)Nc2cncc(-c3cc4c(cc3OC)OCc3c(C(=O)N5CCOCC5(C)C)nn(-c5cc(F)cc(F)c5)c3-4)c2)C(=O)N2CCN(CCSO)CC2)CC1.O=CO. The lowest BCUT2D eigenvalue weighted by Gasteiger charge is -2.41. The van der Waals surface area contributed by atoms with Crippen LogP contribution in [0.2, 0.25) is 0 Å². The maximum atomic E-state index is 14.9. The number of rotatable bonds is 22. The first-order valence-corrected chi connectivity index (χ1v) is 30.4. The average molecular weight is 1280 g/mol. The van der Waals surface area contributed by atoms with E-state index in [0.29, 0.717) is 124 Å². The van der Waals surface area contributed by atoms with E-state index >= 15 is 0 Å². The predicted molar refractivity (Wildman–Crippen MR) is 325 cm³/mol. The number of hydrogen-bond acceptors (Lipinski definition) is 20. The molecule has 2 aromatic heterocycles. The Morgan fingerprint density at radius 2 is 1.37 bits per heavy atom. The molecule has 6 heterocycles. The lowest BCUT2D eigenvalue weighted by molar-refractivity contribution is -0.140. The van der Waals surface area contributed by atoms with E-state index in [1.807, 2.05) is 25.7 Å². The van der Waals surface area contributed by atoms with Gasteiger partial charge in [0.1, 0.15) is 35.8 Å². The van der Waals surface area contributed by atoms with Gasteiger partial charge in [0.2, 0.25) is 23.6 Å². The van der Waals surface area contributed by atoms with Crippen LogP contribution in [0.5, 0.6) is 11.5 Å². The number of carbonyl (C=O) groups is 8. The number of anilines is 1. The minimum absolute atomic E-state index is 0.0239. The molecule has 1 atom stereocenters. The van der Waals surface area contributed by atoms with Crippen molar-refractivity contribution in [1.82, 2.24) is 59.7 Å². The Bertz CT molecular complexity index is 3170. The van der Waals surface area contributed by atoms with E-state index in [-0.39, 0.29) is 102 Å². The number of ether oxygens (including phenoxy) is 3. The number of piperazine rings is 1. The molecule has 4 aliphatic rings. The van der Waals surface area contributed by atoms with Gasteiger partial charge in [-0.3, -0.25) is 62.9 Å². The van der Waals surface area contributed by atoms with Crippen LogP contribution in [0.3, 0.4) is 0 Å². The van der Waals surface area contributed by atoms with Crippen molar-refractivity contribution in [2.45, 2.75) is 51.8 Å². The second-order valence-corrected chi connectivity index (χ2v) is 23.1. The molecule has 0 aliphatic carbocycles. The lowest BCUT2D eigenvalue weighted by atomic mass is 9.95. The number of aromatic nitrogens is 3. The standard InChI is InChI=1S/C58H77F2N13O13S.CH2O2/c1-5-66-8-10-68(12-13-70(35-53(79)80)15-14-69(11-9-66)34-52(77)78)33-51(76)64-46(56(81)71-18-16-67(17-19-71)21-23-87-83)32-62-49(74)6-7-50(75)63-41-24-38(30-61-31-41)43-28-44-48(29-47(43)84-4)86-36-45-54(57(82)72-20-22-85-37-58(72,2)3)65-73(55(44)45)42-26-39(59)25-40(60)27-42;2-1-3/h24-31,46,83H,5-23,32-37H2,1-4H3,(H,62,74)(H,63,75)(H,64,76)(H,77,78)(H,79,80);1H,(H,2,3).